The van der Waals surface area contributed by atoms with Gasteiger partial charge in [0.05, 0.1) is 34.8 Å². The standard InChI is InChI=1S/C26H25F3N2O4S/c1-15-22(36-23(31-15)16-4-6-17(7-5-16)26(27,28)29)14-34-10-11-35-18-8-9-21-19(12-18)20(13-30-21)25(2,3)24(32)33/h4-9,12-13,30H,10-11,14H2,1-3H3,(H,32,33). The van der Waals surface area contributed by atoms with Gasteiger partial charge >= 0.3 is 12.1 Å². The average molecular weight is 519 g/mol. The third kappa shape index (κ3) is 5.39. The summed E-state index contributed by atoms with van der Waals surface area (Å²) >= 11 is 1.38. The molecule has 0 aliphatic rings. The Bertz CT molecular complexity index is 1370. The number of rotatable bonds is 9. The highest BCUT2D eigenvalue weighted by Crippen LogP contribution is 2.34. The third-order valence-electron chi connectivity index (χ3n) is 5.94. The molecule has 0 unspecified atom stereocenters. The maximum Gasteiger partial charge on any atom is 0.416 e. The van der Waals surface area contributed by atoms with Gasteiger partial charge in [-0.05, 0) is 56.7 Å². The van der Waals surface area contributed by atoms with Crippen LogP contribution in [0.3, 0.4) is 0 Å². The van der Waals surface area contributed by atoms with Crippen LogP contribution >= 0.6 is 11.3 Å². The predicted molar refractivity (Wildman–Crippen MR) is 131 cm³/mol. The average Bonchev–Trinajstić information content (AvgIpc) is 3.42. The van der Waals surface area contributed by atoms with Crippen LogP contribution in [0, 0.1) is 6.92 Å². The van der Waals surface area contributed by atoms with Crippen LogP contribution in [0.5, 0.6) is 5.75 Å². The number of halogens is 3. The summed E-state index contributed by atoms with van der Waals surface area (Å²) in [5.74, 6) is -0.310. The Morgan fingerprint density at radius 1 is 1.11 bits per heavy atom. The van der Waals surface area contributed by atoms with Gasteiger partial charge in [0.25, 0.3) is 0 Å². The Kier molecular flexibility index (Phi) is 7.10. The number of aliphatic carboxylic acids is 1. The molecule has 2 heterocycles. The molecule has 4 aromatic rings. The molecule has 0 aliphatic heterocycles. The number of benzene rings is 2. The molecule has 2 N–H and O–H groups in total. The van der Waals surface area contributed by atoms with E-state index in [4.69, 9.17) is 9.47 Å². The molecule has 0 saturated heterocycles. The van der Waals surface area contributed by atoms with Crippen molar-refractivity contribution in [1.82, 2.24) is 9.97 Å². The molecule has 0 atom stereocenters. The molecule has 190 valence electrons. The van der Waals surface area contributed by atoms with Crippen LogP contribution < -0.4 is 4.74 Å². The zero-order valence-electron chi connectivity index (χ0n) is 19.9. The van der Waals surface area contributed by atoms with Crippen molar-refractivity contribution >= 4 is 28.2 Å². The van der Waals surface area contributed by atoms with Gasteiger partial charge in [-0.2, -0.15) is 13.2 Å². The molecule has 36 heavy (non-hydrogen) atoms. The molecule has 0 amide bonds. The van der Waals surface area contributed by atoms with E-state index in [2.05, 4.69) is 9.97 Å². The minimum absolute atomic E-state index is 0.289. The summed E-state index contributed by atoms with van der Waals surface area (Å²) in [4.78, 5) is 20.1. The Balaban J connectivity index is 1.33. The number of H-pyrrole nitrogens is 1. The van der Waals surface area contributed by atoms with Crippen LogP contribution in [0.1, 0.15) is 35.5 Å². The van der Waals surface area contributed by atoms with Crippen LogP contribution in [0.2, 0.25) is 0 Å². The molecule has 6 nitrogen and oxygen atoms in total. The van der Waals surface area contributed by atoms with Gasteiger partial charge in [-0.1, -0.05) is 12.1 Å². The van der Waals surface area contributed by atoms with E-state index < -0.39 is 23.1 Å². The van der Waals surface area contributed by atoms with E-state index in [0.717, 1.165) is 33.6 Å². The maximum atomic E-state index is 12.8. The quantitative estimate of drug-likeness (QED) is 0.245. The second kappa shape index (κ2) is 9.94. The fraction of sp³-hybridized carbons (Fsp3) is 0.308. The summed E-state index contributed by atoms with van der Waals surface area (Å²) < 4.78 is 49.9. The monoisotopic (exact) mass is 518 g/mol. The lowest BCUT2D eigenvalue weighted by Crippen LogP contribution is -2.28. The van der Waals surface area contributed by atoms with Crippen molar-refractivity contribution in [3.8, 4) is 16.3 Å². The lowest BCUT2D eigenvalue weighted by molar-refractivity contribution is -0.142. The van der Waals surface area contributed by atoms with E-state index in [1.54, 1.807) is 26.1 Å². The molecule has 0 spiro atoms. The first-order chi connectivity index (χ1) is 17.0. The molecule has 0 bridgehead atoms. The Hall–Kier alpha value is -3.37. The minimum atomic E-state index is -4.37. The predicted octanol–water partition coefficient (Wildman–Crippen LogP) is 6.58. The summed E-state index contributed by atoms with van der Waals surface area (Å²) in [7, 11) is 0. The summed E-state index contributed by atoms with van der Waals surface area (Å²) in [5.41, 5.74) is 1.15. The SMILES string of the molecule is Cc1nc(-c2ccc(C(F)(F)F)cc2)sc1COCCOc1ccc2[nH]cc(C(C)(C)C(=O)O)c2c1. The third-order valence-corrected chi connectivity index (χ3v) is 7.12. The largest absolute Gasteiger partial charge is 0.491 e. The first-order valence-corrected chi connectivity index (χ1v) is 12.0. The van der Waals surface area contributed by atoms with Gasteiger partial charge in [-0.3, -0.25) is 4.79 Å². The first kappa shape index (κ1) is 25.7. The van der Waals surface area contributed by atoms with Crippen molar-refractivity contribution in [2.75, 3.05) is 13.2 Å². The van der Waals surface area contributed by atoms with Crippen molar-refractivity contribution in [3.63, 3.8) is 0 Å². The number of alkyl halides is 3. The number of nitrogens with one attached hydrogen (secondary N) is 1. The van der Waals surface area contributed by atoms with E-state index >= 15 is 0 Å². The smallest absolute Gasteiger partial charge is 0.416 e. The lowest BCUT2D eigenvalue weighted by atomic mass is 9.84. The van der Waals surface area contributed by atoms with Gasteiger partial charge in [-0.25, -0.2) is 4.98 Å². The van der Waals surface area contributed by atoms with Crippen LogP contribution in [-0.4, -0.2) is 34.3 Å². The topological polar surface area (TPSA) is 84.4 Å². The zero-order chi connectivity index (χ0) is 26.1. The van der Waals surface area contributed by atoms with E-state index in [1.807, 2.05) is 19.1 Å². The van der Waals surface area contributed by atoms with E-state index in [0.29, 0.717) is 35.1 Å². The van der Waals surface area contributed by atoms with Gasteiger partial charge in [-0.15, -0.1) is 11.3 Å². The highest BCUT2D eigenvalue weighted by Gasteiger charge is 2.32. The molecule has 0 saturated carbocycles. The fourth-order valence-electron chi connectivity index (χ4n) is 3.69. The second-order valence-electron chi connectivity index (χ2n) is 8.84. The number of aromatic amines is 1. The lowest BCUT2D eigenvalue weighted by Gasteiger charge is -2.18. The molecule has 2 aromatic heterocycles. The summed E-state index contributed by atoms with van der Waals surface area (Å²) in [5, 5.41) is 11.0. The Labute approximate surface area is 209 Å². The van der Waals surface area contributed by atoms with Crippen LogP contribution in [0.15, 0.2) is 48.7 Å². The molecule has 2 aromatic carbocycles. The highest BCUT2D eigenvalue weighted by atomic mass is 32.1. The van der Waals surface area contributed by atoms with E-state index in [1.165, 1.54) is 23.5 Å². The number of fused-ring (bicyclic) bond motifs is 1. The van der Waals surface area contributed by atoms with Gasteiger partial charge in [0, 0.05) is 22.7 Å². The summed E-state index contributed by atoms with van der Waals surface area (Å²) in [6.07, 6.45) is -2.66. The van der Waals surface area contributed by atoms with Crippen molar-refractivity contribution in [2.45, 2.75) is 39.0 Å². The Morgan fingerprint density at radius 3 is 2.50 bits per heavy atom. The molecule has 0 radical (unpaired) electrons. The van der Waals surface area contributed by atoms with Crippen molar-refractivity contribution in [2.24, 2.45) is 0 Å². The van der Waals surface area contributed by atoms with E-state index in [-0.39, 0.29) is 6.61 Å². The molecule has 4 rings (SSSR count). The number of carbonyl (C=O) groups is 1. The van der Waals surface area contributed by atoms with Gasteiger partial charge in [0.15, 0.2) is 0 Å². The Morgan fingerprint density at radius 2 is 1.83 bits per heavy atom. The molecule has 10 heteroatoms. The number of nitrogens with zero attached hydrogens (tertiary/aromatic N) is 1. The molecule has 0 fully saturated rings. The first-order valence-electron chi connectivity index (χ1n) is 11.2. The number of hydrogen-bond acceptors (Lipinski definition) is 5. The molecular weight excluding hydrogens is 493 g/mol. The van der Waals surface area contributed by atoms with Crippen LogP contribution in [0.4, 0.5) is 13.2 Å². The number of carboxylic acids is 1. The molecular formula is C26H25F3N2O4S. The van der Waals surface area contributed by atoms with Gasteiger partial charge in [0.1, 0.15) is 17.4 Å². The summed E-state index contributed by atoms with van der Waals surface area (Å²) in [6.45, 7) is 6.05. The number of hydrogen-bond donors (Lipinski definition) is 2. The maximum absolute atomic E-state index is 12.8. The number of ether oxygens (including phenoxy) is 2. The number of carboxylic acid groups (broad SMARTS) is 1. The molecule has 0 aliphatic carbocycles. The zero-order valence-corrected chi connectivity index (χ0v) is 20.7. The minimum Gasteiger partial charge on any atom is -0.491 e. The van der Waals surface area contributed by atoms with Gasteiger partial charge in [0.2, 0.25) is 0 Å². The van der Waals surface area contributed by atoms with E-state index in [9.17, 15) is 23.1 Å². The van der Waals surface area contributed by atoms with Gasteiger partial charge < -0.3 is 19.6 Å². The fourth-order valence-corrected chi connectivity index (χ4v) is 4.70. The van der Waals surface area contributed by atoms with Crippen molar-refractivity contribution in [1.29, 1.82) is 0 Å². The number of aromatic nitrogens is 2. The van der Waals surface area contributed by atoms with Crippen LogP contribution in [-0.2, 0) is 27.7 Å². The number of thiazole rings is 1. The second-order valence-corrected chi connectivity index (χ2v) is 9.93. The van der Waals surface area contributed by atoms with Crippen molar-refractivity contribution < 1.29 is 32.5 Å². The van der Waals surface area contributed by atoms with Crippen LogP contribution in [0.25, 0.3) is 21.5 Å². The normalized spacial score (nSPS) is 12.3. The number of aryl methyl sites for hydroxylation is 1. The highest BCUT2D eigenvalue weighted by molar-refractivity contribution is 7.15. The summed E-state index contributed by atoms with van der Waals surface area (Å²) in [6, 6.07) is 10.4. The van der Waals surface area contributed by atoms with Crippen molar-refractivity contribution in [3.05, 3.63) is 70.4 Å².